The lowest BCUT2D eigenvalue weighted by Crippen LogP contribution is -1.99. The summed E-state index contributed by atoms with van der Waals surface area (Å²) < 4.78 is 7.38. The number of hydrogen-bond donors (Lipinski definition) is 0. The van der Waals surface area contributed by atoms with Crippen LogP contribution in [-0.2, 0) is 0 Å². The number of nitrogens with zero attached hydrogens (tertiary/aromatic N) is 4. The third kappa shape index (κ3) is 2.61. The zero-order valence-electron chi connectivity index (χ0n) is 9.66. The van der Waals surface area contributed by atoms with E-state index in [0.29, 0.717) is 23.2 Å². The molecule has 17 heavy (non-hydrogen) atoms. The first kappa shape index (κ1) is 11.1. The summed E-state index contributed by atoms with van der Waals surface area (Å²) >= 11 is 0. The van der Waals surface area contributed by atoms with Gasteiger partial charge in [0.05, 0.1) is 12.4 Å². The van der Waals surface area contributed by atoms with Crippen molar-refractivity contribution in [1.82, 2.24) is 14.8 Å². The maximum atomic E-state index is 8.72. The first-order valence-electron chi connectivity index (χ1n) is 5.27. The van der Waals surface area contributed by atoms with E-state index in [1.807, 2.05) is 30.8 Å². The van der Waals surface area contributed by atoms with E-state index < -0.39 is 0 Å². The summed E-state index contributed by atoms with van der Waals surface area (Å²) in [5.41, 5.74) is 0.332. The second-order valence-electron chi connectivity index (χ2n) is 3.84. The fourth-order valence-corrected chi connectivity index (χ4v) is 1.33. The third-order valence-corrected chi connectivity index (χ3v) is 2.19. The average Bonchev–Trinajstić information content (AvgIpc) is 2.78. The average molecular weight is 228 g/mol. The Morgan fingerprint density at radius 1 is 1.41 bits per heavy atom. The van der Waals surface area contributed by atoms with Gasteiger partial charge in [-0.25, -0.2) is 4.98 Å². The van der Waals surface area contributed by atoms with E-state index in [0.717, 1.165) is 0 Å². The highest BCUT2D eigenvalue weighted by atomic mass is 16.5. The number of ether oxygens (including phenoxy) is 1. The Kier molecular flexibility index (Phi) is 3.06. The maximum Gasteiger partial charge on any atom is 0.165 e. The van der Waals surface area contributed by atoms with E-state index in [1.54, 1.807) is 24.5 Å². The zero-order chi connectivity index (χ0) is 12.3. The van der Waals surface area contributed by atoms with E-state index in [1.165, 1.54) is 0 Å². The smallest absolute Gasteiger partial charge is 0.165 e. The zero-order valence-corrected chi connectivity index (χ0v) is 9.66. The van der Waals surface area contributed by atoms with Crippen molar-refractivity contribution in [3.05, 3.63) is 36.4 Å². The Balaban J connectivity index is 2.17. The topological polar surface area (TPSA) is 63.7 Å². The Hall–Kier alpha value is -2.35. The summed E-state index contributed by atoms with van der Waals surface area (Å²) in [7, 11) is 0. The lowest BCUT2D eigenvalue weighted by molar-refractivity contribution is 0.476. The molecule has 2 aromatic rings. The molecule has 0 atom stereocenters. The molecule has 5 heteroatoms. The Morgan fingerprint density at radius 3 is 2.88 bits per heavy atom. The number of nitriles is 1. The van der Waals surface area contributed by atoms with Gasteiger partial charge in [0, 0.05) is 18.3 Å². The minimum atomic E-state index is 0.291. The van der Waals surface area contributed by atoms with E-state index in [9.17, 15) is 0 Å². The summed E-state index contributed by atoms with van der Waals surface area (Å²) in [6, 6.07) is 5.55. The van der Waals surface area contributed by atoms with Crippen LogP contribution in [0.3, 0.4) is 0 Å². The molecule has 0 saturated carbocycles. The number of hydrogen-bond acceptors (Lipinski definition) is 4. The summed E-state index contributed by atoms with van der Waals surface area (Å²) in [6.07, 6.45) is 5.00. The van der Waals surface area contributed by atoms with Gasteiger partial charge >= 0.3 is 0 Å². The fraction of sp³-hybridized carbons (Fsp3) is 0.250. The molecule has 86 valence electrons. The molecule has 0 aliphatic heterocycles. The molecule has 2 aromatic heterocycles. The summed E-state index contributed by atoms with van der Waals surface area (Å²) in [6.45, 7) is 4.08. The minimum absolute atomic E-state index is 0.291. The molecule has 0 amide bonds. The SMILES string of the molecule is CC(C)n1cc(Oc2ccnc(C#N)c2)cn1. The van der Waals surface area contributed by atoms with Gasteiger partial charge in [0.2, 0.25) is 0 Å². The molecule has 0 spiro atoms. The second-order valence-corrected chi connectivity index (χ2v) is 3.84. The van der Waals surface area contributed by atoms with Crippen LogP contribution in [0.25, 0.3) is 0 Å². The van der Waals surface area contributed by atoms with Crippen molar-refractivity contribution in [2.24, 2.45) is 0 Å². The molecule has 0 bridgehead atoms. The molecule has 0 aliphatic rings. The van der Waals surface area contributed by atoms with Crippen molar-refractivity contribution in [2.45, 2.75) is 19.9 Å². The quantitative estimate of drug-likeness (QED) is 0.809. The molecular formula is C12H12N4O. The van der Waals surface area contributed by atoms with Gasteiger partial charge in [0.1, 0.15) is 17.5 Å². The van der Waals surface area contributed by atoms with Crippen LogP contribution in [-0.4, -0.2) is 14.8 Å². The van der Waals surface area contributed by atoms with Crippen LogP contribution in [0.1, 0.15) is 25.6 Å². The van der Waals surface area contributed by atoms with Crippen molar-refractivity contribution < 1.29 is 4.74 Å². The predicted molar refractivity (Wildman–Crippen MR) is 61.6 cm³/mol. The van der Waals surface area contributed by atoms with Gasteiger partial charge in [-0.1, -0.05) is 0 Å². The first-order valence-corrected chi connectivity index (χ1v) is 5.27. The van der Waals surface area contributed by atoms with Crippen LogP contribution in [0.2, 0.25) is 0 Å². The van der Waals surface area contributed by atoms with Gasteiger partial charge in [-0.15, -0.1) is 0 Å². The molecular weight excluding hydrogens is 216 g/mol. The maximum absolute atomic E-state index is 8.72. The highest BCUT2D eigenvalue weighted by Crippen LogP contribution is 2.21. The van der Waals surface area contributed by atoms with E-state index in [-0.39, 0.29) is 0 Å². The number of aromatic nitrogens is 3. The highest BCUT2D eigenvalue weighted by Gasteiger charge is 2.04. The summed E-state index contributed by atoms with van der Waals surface area (Å²) in [5, 5.41) is 12.9. The fourth-order valence-electron chi connectivity index (χ4n) is 1.33. The number of rotatable bonds is 3. The van der Waals surface area contributed by atoms with Crippen LogP contribution < -0.4 is 4.74 Å². The van der Waals surface area contributed by atoms with Gasteiger partial charge < -0.3 is 4.74 Å². The first-order chi connectivity index (χ1) is 8.19. The van der Waals surface area contributed by atoms with Gasteiger partial charge in [-0.05, 0) is 19.9 Å². The Bertz CT molecular complexity index is 554. The monoisotopic (exact) mass is 228 g/mol. The van der Waals surface area contributed by atoms with Gasteiger partial charge in [0.15, 0.2) is 5.75 Å². The van der Waals surface area contributed by atoms with Crippen molar-refractivity contribution in [2.75, 3.05) is 0 Å². The molecule has 0 unspecified atom stereocenters. The molecule has 2 rings (SSSR count). The van der Waals surface area contributed by atoms with Crippen molar-refractivity contribution in [1.29, 1.82) is 5.26 Å². The van der Waals surface area contributed by atoms with Crippen LogP contribution in [0.15, 0.2) is 30.7 Å². The molecule has 0 fully saturated rings. The van der Waals surface area contributed by atoms with E-state index in [4.69, 9.17) is 10.00 Å². The molecule has 0 aromatic carbocycles. The lowest BCUT2D eigenvalue weighted by atomic mass is 10.3. The Morgan fingerprint density at radius 2 is 2.24 bits per heavy atom. The van der Waals surface area contributed by atoms with Crippen LogP contribution in [0, 0.1) is 11.3 Å². The molecule has 0 saturated heterocycles. The van der Waals surface area contributed by atoms with Crippen LogP contribution in [0.4, 0.5) is 0 Å². The van der Waals surface area contributed by atoms with Gasteiger partial charge in [-0.2, -0.15) is 10.4 Å². The van der Waals surface area contributed by atoms with Crippen molar-refractivity contribution >= 4 is 0 Å². The van der Waals surface area contributed by atoms with Gasteiger partial charge in [-0.3, -0.25) is 4.68 Å². The lowest BCUT2D eigenvalue weighted by Gasteiger charge is -2.04. The van der Waals surface area contributed by atoms with Gasteiger partial charge in [0.25, 0.3) is 0 Å². The Labute approximate surface area is 99.3 Å². The van der Waals surface area contributed by atoms with E-state index >= 15 is 0 Å². The van der Waals surface area contributed by atoms with Crippen LogP contribution >= 0.6 is 0 Å². The molecule has 0 radical (unpaired) electrons. The third-order valence-electron chi connectivity index (χ3n) is 2.19. The highest BCUT2D eigenvalue weighted by molar-refractivity contribution is 5.32. The predicted octanol–water partition coefficient (Wildman–Crippen LogP) is 2.52. The summed E-state index contributed by atoms with van der Waals surface area (Å²) in [5.74, 6) is 1.23. The minimum Gasteiger partial charge on any atom is -0.454 e. The molecule has 5 nitrogen and oxygen atoms in total. The van der Waals surface area contributed by atoms with Crippen molar-refractivity contribution in [3.8, 4) is 17.6 Å². The number of pyridine rings is 1. The molecule has 2 heterocycles. The van der Waals surface area contributed by atoms with Crippen molar-refractivity contribution in [3.63, 3.8) is 0 Å². The normalized spacial score (nSPS) is 10.2. The summed E-state index contributed by atoms with van der Waals surface area (Å²) in [4.78, 5) is 3.87. The standard InChI is InChI=1S/C12H12N4O/c1-9(2)16-8-12(7-15-16)17-11-3-4-14-10(5-11)6-13/h3-5,7-9H,1-2H3. The molecule has 0 aliphatic carbocycles. The molecule has 0 N–H and O–H groups in total. The van der Waals surface area contributed by atoms with Crippen LogP contribution in [0.5, 0.6) is 11.5 Å². The van der Waals surface area contributed by atoms with E-state index in [2.05, 4.69) is 10.1 Å². The largest absolute Gasteiger partial charge is 0.454 e. The second kappa shape index (κ2) is 4.66.